The largest absolute Gasteiger partial charge is 0.507 e. The van der Waals surface area contributed by atoms with Crippen molar-refractivity contribution < 1.29 is 24.2 Å². The van der Waals surface area contributed by atoms with E-state index < -0.39 is 17.7 Å². The molecule has 0 bridgehead atoms. The third-order valence-corrected chi connectivity index (χ3v) is 6.34. The van der Waals surface area contributed by atoms with Crippen LogP contribution in [0.25, 0.3) is 5.76 Å². The Morgan fingerprint density at radius 1 is 1.06 bits per heavy atom. The Balaban J connectivity index is 1.62. The third kappa shape index (κ3) is 3.81. The first-order chi connectivity index (χ1) is 16.5. The number of likely N-dealkylation sites (tertiary alicyclic amines) is 1. The number of fused-ring (bicyclic) bond motifs is 1. The molecular formula is C28H25NO5. The van der Waals surface area contributed by atoms with E-state index in [0.29, 0.717) is 11.3 Å². The number of carbonyl (C=O) groups excluding carboxylic acids is 2. The van der Waals surface area contributed by atoms with Gasteiger partial charge in [-0.25, -0.2) is 0 Å². The standard InChI is InChI=1S/C28H25NO5/c1-17-14-21-15-20(10-13-23(21)34-17)26(30)24-25(19-8-11-22(33-2)12-9-19)29(28(32)27(24)31)16-18-6-4-3-5-7-18/h3-13,15,17,25,30H,14,16H2,1-2H3/t17-,25-/m1/s1. The fourth-order valence-corrected chi connectivity index (χ4v) is 4.68. The van der Waals surface area contributed by atoms with E-state index in [1.165, 1.54) is 4.90 Å². The Morgan fingerprint density at radius 3 is 2.50 bits per heavy atom. The minimum absolute atomic E-state index is 0.0585. The summed E-state index contributed by atoms with van der Waals surface area (Å²) in [7, 11) is 1.58. The minimum Gasteiger partial charge on any atom is -0.507 e. The fraction of sp³-hybridized carbons (Fsp3) is 0.214. The maximum Gasteiger partial charge on any atom is 0.295 e. The van der Waals surface area contributed by atoms with E-state index >= 15 is 0 Å². The molecule has 0 unspecified atom stereocenters. The van der Waals surface area contributed by atoms with Gasteiger partial charge in [-0.2, -0.15) is 0 Å². The van der Waals surface area contributed by atoms with Crippen molar-refractivity contribution in [3.05, 3.63) is 101 Å². The Kier molecular flexibility index (Phi) is 5.57. The molecule has 2 atom stereocenters. The number of aliphatic hydroxyl groups is 1. The number of hydrogen-bond acceptors (Lipinski definition) is 5. The molecule has 1 N–H and O–H groups in total. The maximum absolute atomic E-state index is 13.3. The van der Waals surface area contributed by atoms with Crippen molar-refractivity contribution in [3.63, 3.8) is 0 Å². The molecule has 0 aliphatic carbocycles. The van der Waals surface area contributed by atoms with Crippen molar-refractivity contribution in [3.8, 4) is 11.5 Å². The van der Waals surface area contributed by atoms with Gasteiger partial charge in [-0.1, -0.05) is 42.5 Å². The third-order valence-electron chi connectivity index (χ3n) is 6.34. The number of carbonyl (C=O) groups is 2. The SMILES string of the molecule is COc1ccc([C@@H]2C(=C(O)c3ccc4c(c3)C[C@@H](C)O4)C(=O)C(=O)N2Cc2ccccc2)cc1. The van der Waals surface area contributed by atoms with E-state index in [0.717, 1.165) is 28.9 Å². The van der Waals surface area contributed by atoms with Gasteiger partial charge in [0.25, 0.3) is 11.7 Å². The monoisotopic (exact) mass is 455 g/mol. The predicted octanol–water partition coefficient (Wildman–Crippen LogP) is 4.64. The number of ketones is 1. The predicted molar refractivity (Wildman–Crippen MR) is 128 cm³/mol. The zero-order valence-electron chi connectivity index (χ0n) is 19.0. The lowest BCUT2D eigenvalue weighted by atomic mass is 9.94. The first-order valence-corrected chi connectivity index (χ1v) is 11.2. The molecule has 2 aliphatic rings. The van der Waals surface area contributed by atoms with Crippen LogP contribution in [-0.4, -0.2) is 34.9 Å². The van der Waals surface area contributed by atoms with Gasteiger partial charge < -0.3 is 19.5 Å². The fourth-order valence-electron chi connectivity index (χ4n) is 4.68. The van der Waals surface area contributed by atoms with Crippen molar-refractivity contribution in [2.45, 2.75) is 32.0 Å². The molecule has 0 saturated carbocycles. The summed E-state index contributed by atoms with van der Waals surface area (Å²) in [6, 6.07) is 21.3. The molecule has 2 heterocycles. The highest BCUT2D eigenvalue weighted by Crippen LogP contribution is 2.41. The van der Waals surface area contributed by atoms with Gasteiger partial charge in [0.15, 0.2) is 0 Å². The molecule has 0 spiro atoms. The van der Waals surface area contributed by atoms with E-state index in [9.17, 15) is 14.7 Å². The van der Waals surface area contributed by atoms with Crippen molar-refractivity contribution in [2.75, 3.05) is 7.11 Å². The molecule has 0 radical (unpaired) electrons. The number of aliphatic hydroxyl groups excluding tert-OH is 1. The number of methoxy groups -OCH3 is 1. The van der Waals surface area contributed by atoms with Gasteiger partial charge in [0.05, 0.1) is 18.7 Å². The van der Waals surface area contributed by atoms with Crippen LogP contribution in [-0.2, 0) is 22.6 Å². The average Bonchev–Trinajstić information content (AvgIpc) is 3.35. The van der Waals surface area contributed by atoms with Crippen molar-refractivity contribution in [1.82, 2.24) is 4.90 Å². The topological polar surface area (TPSA) is 76.1 Å². The molecule has 0 aromatic heterocycles. The lowest BCUT2D eigenvalue weighted by molar-refractivity contribution is -0.140. The quantitative estimate of drug-likeness (QED) is 0.345. The van der Waals surface area contributed by atoms with E-state index in [-0.39, 0.29) is 24.0 Å². The first kappa shape index (κ1) is 21.8. The summed E-state index contributed by atoms with van der Waals surface area (Å²) >= 11 is 0. The van der Waals surface area contributed by atoms with Crippen LogP contribution in [0.15, 0.2) is 78.4 Å². The summed E-state index contributed by atoms with van der Waals surface area (Å²) < 4.78 is 11.0. The number of amides is 1. The van der Waals surface area contributed by atoms with Crippen LogP contribution in [0.2, 0.25) is 0 Å². The molecule has 3 aromatic rings. The van der Waals surface area contributed by atoms with Crippen LogP contribution in [0.1, 0.15) is 35.2 Å². The first-order valence-electron chi connectivity index (χ1n) is 11.2. The van der Waals surface area contributed by atoms with E-state index in [1.54, 1.807) is 31.4 Å². The van der Waals surface area contributed by atoms with Crippen molar-refractivity contribution in [2.24, 2.45) is 0 Å². The lowest BCUT2D eigenvalue weighted by Crippen LogP contribution is -2.29. The second kappa shape index (κ2) is 8.71. The molecule has 6 nitrogen and oxygen atoms in total. The molecule has 172 valence electrons. The highest BCUT2D eigenvalue weighted by Gasteiger charge is 2.46. The van der Waals surface area contributed by atoms with E-state index in [1.807, 2.05) is 55.5 Å². The average molecular weight is 456 g/mol. The van der Waals surface area contributed by atoms with Crippen LogP contribution >= 0.6 is 0 Å². The summed E-state index contributed by atoms with van der Waals surface area (Å²) in [5.41, 5.74) is 3.16. The summed E-state index contributed by atoms with van der Waals surface area (Å²) in [6.07, 6.45) is 0.781. The Labute approximate surface area is 198 Å². The van der Waals surface area contributed by atoms with E-state index in [4.69, 9.17) is 9.47 Å². The molecule has 1 amide bonds. The zero-order chi connectivity index (χ0) is 23.8. The van der Waals surface area contributed by atoms with Crippen LogP contribution in [0.4, 0.5) is 0 Å². The smallest absolute Gasteiger partial charge is 0.295 e. The summed E-state index contributed by atoms with van der Waals surface area (Å²) in [4.78, 5) is 28.0. The van der Waals surface area contributed by atoms with Crippen LogP contribution in [0, 0.1) is 0 Å². The molecule has 2 aliphatic heterocycles. The van der Waals surface area contributed by atoms with Gasteiger partial charge in [0, 0.05) is 18.5 Å². The summed E-state index contributed by atoms with van der Waals surface area (Å²) in [6.45, 7) is 2.23. The Hall–Kier alpha value is -4.06. The summed E-state index contributed by atoms with van der Waals surface area (Å²) in [5, 5.41) is 11.3. The maximum atomic E-state index is 13.3. The lowest BCUT2D eigenvalue weighted by Gasteiger charge is -2.25. The Morgan fingerprint density at radius 2 is 1.79 bits per heavy atom. The van der Waals surface area contributed by atoms with Gasteiger partial charge in [-0.15, -0.1) is 0 Å². The van der Waals surface area contributed by atoms with Crippen LogP contribution in [0.5, 0.6) is 11.5 Å². The van der Waals surface area contributed by atoms with Crippen LogP contribution < -0.4 is 9.47 Å². The van der Waals surface area contributed by atoms with E-state index in [2.05, 4.69) is 0 Å². The highest BCUT2D eigenvalue weighted by atomic mass is 16.5. The molecule has 5 rings (SSSR count). The Bertz CT molecular complexity index is 1280. The number of nitrogens with zero attached hydrogens (tertiary/aromatic N) is 1. The van der Waals surface area contributed by atoms with Crippen molar-refractivity contribution >= 4 is 17.4 Å². The second-order valence-electron chi connectivity index (χ2n) is 8.64. The molecule has 1 saturated heterocycles. The number of Topliss-reactive ketones (excluding diaryl/α,β-unsaturated/α-hetero) is 1. The van der Waals surface area contributed by atoms with Gasteiger partial charge in [0.2, 0.25) is 0 Å². The molecule has 3 aromatic carbocycles. The van der Waals surface area contributed by atoms with Gasteiger partial charge in [-0.05, 0) is 53.9 Å². The van der Waals surface area contributed by atoms with Gasteiger partial charge in [0.1, 0.15) is 23.4 Å². The summed E-state index contributed by atoms with van der Waals surface area (Å²) in [5.74, 6) is -0.0717. The van der Waals surface area contributed by atoms with Gasteiger partial charge in [-0.3, -0.25) is 9.59 Å². The van der Waals surface area contributed by atoms with Gasteiger partial charge >= 0.3 is 0 Å². The number of rotatable bonds is 5. The van der Waals surface area contributed by atoms with Crippen LogP contribution in [0.3, 0.4) is 0 Å². The number of hydrogen-bond donors (Lipinski definition) is 1. The zero-order valence-corrected chi connectivity index (χ0v) is 19.0. The highest BCUT2D eigenvalue weighted by molar-refractivity contribution is 6.46. The van der Waals surface area contributed by atoms with Crippen molar-refractivity contribution in [1.29, 1.82) is 0 Å². The number of benzene rings is 3. The molecule has 1 fully saturated rings. The second-order valence-corrected chi connectivity index (χ2v) is 8.64. The normalized spacial score (nSPS) is 20.8. The molecular weight excluding hydrogens is 430 g/mol. The minimum atomic E-state index is -0.727. The number of ether oxygens (including phenoxy) is 2. The molecule has 34 heavy (non-hydrogen) atoms. The molecule has 6 heteroatoms.